The third-order valence-corrected chi connectivity index (χ3v) is 4.74. The Balaban J connectivity index is 2.04. The zero-order valence-electron chi connectivity index (χ0n) is 15.2. The van der Waals surface area contributed by atoms with Gasteiger partial charge in [-0.3, -0.25) is 0 Å². The fourth-order valence-corrected chi connectivity index (χ4v) is 3.29. The van der Waals surface area contributed by atoms with Crippen molar-refractivity contribution in [2.45, 2.75) is 83.5 Å². The first-order valence-electron chi connectivity index (χ1n) is 9.66. The minimum atomic E-state index is 0.541. The molecule has 0 saturated heterocycles. The molecular weight excluding hydrogens is 278 g/mol. The molecular formula is C22H37N. The van der Waals surface area contributed by atoms with Gasteiger partial charge >= 0.3 is 0 Å². The van der Waals surface area contributed by atoms with E-state index in [0.29, 0.717) is 5.92 Å². The summed E-state index contributed by atoms with van der Waals surface area (Å²) in [7, 11) is 0. The van der Waals surface area contributed by atoms with E-state index in [1.165, 1.54) is 81.8 Å². The second-order valence-electron chi connectivity index (χ2n) is 6.92. The zero-order chi connectivity index (χ0) is 16.8. The molecule has 0 fully saturated rings. The summed E-state index contributed by atoms with van der Waals surface area (Å²) in [6, 6.07) is 10.8. The lowest BCUT2D eigenvalue weighted by atomic mass is 9.88. The molecule has 0 amide bonds. The van der Waals surface area contributed by atoms with Crippen molar-refractivity contribution >= 4 is 0 Å². The SMILES string of the molecule is C=C(C)C(CCCCCCCCCCCCN)c1ccccc1. The lowest BCUT2D eigenvalue weighted by Gasteiger charge is -2.17. The number of unbranched alkanes of at least 4 members (excludes halogenated alkanes) is 9. The summed E-state index contributed by atoms with van der Waals surface area (Å²) in [5.74, 6) is 0.541. The molecule has 1 nitrogen and oxygen atoms in total. The molecule has 23 heavy (non-hydrogen) atoms. The molecule has 0 aromatic heterocycles. The standard InChI is InChI=1S/C22H37N/c1-20(2)22(21-16-12-11-13-17-21)18-14-9-7-5-3-4-6-8-10-15-19-23/h11-13,16-17,22H,1,3-10,14-15,18-19,23H2,2H3. The molecule has 130 valence electrons. The van der Waals surface area contributed by atoms with Crippen LogP contribution in [0.5, 0.6) is 0 Å². The number of allylic oxidation sites excluding steroid dienone is 1. The smallest absolute Gasteiger partial charge is 0.00427 e. The van der Waals surface area contributed by atoms with Crippen LogP contribution in [0, 0.1) is 0 Å². The summed E-state index contributed by atoms with van der Waals surface area (Å²) in [5, 5.41) is 0. The van der Waals surface area contributed by atoms with Crippen molar-refractivity contribution in [3.05, 3.63) is 48.0 Å². The normalized spacial score (nSPS) is 12.3. The fourth-order valence-electron chi connectivity index (χ4n) is 3.29. The Morgan fingerprint density at radius 2 is 1.30 bits per heavy atom. The van der Waals surface area contributed by atoms with E-state index < -0.39 is 0 Å². The summed E-state index contributed by atoms with van der Waals surface area (Å²) in [5.41, 5.74) is 8.24. The first-order chi connectivity index (χ1) is 11.3. The van der Waals surface area contributed by atoms with Crippen LogP contribution < -0.4 is 5.73 Å². The van der Waals surface area contributed by atoms with Crippen molar-refractivity contribution in [3.8, 4) is 0 Å². The molecule has 1 heteroatoms. The molecule has 0 heterocycles. The predicted molar refractivity (Wildman–Crippen MR) is 104 cm³/mol. The summed E-state index contributed by atoms with van der Waals surface area (Å²) in [6.45, 7) is 7.22. The Morgan fingerprint density at radius 3 is 1.78 bits per heavy atom. The predicted octanol–water partition coefficient (Wildman–Crippen LogP) is 6.60. The van der Waals surface area contributed by atoms with Gasteiger partial charge in [-0.25, -0.2) is 0 Å². The average Bonchev–Trinajstić information content (AvgIpc) is 2.56. The molecule has 1 aromatic rings. The van der Waals surface area contributed by atoms with E-state index in [0.717, 1.165) is 6.54 Å². The van der Waals surface area contributed by atoms with E-state index in [9.17, 15) is 0 Å². The molecule has 0 aliphatic carbocycles. The number of benzene rings is 1. The van der Waals surface area contributed by atoms with Gasteiger partial charge in [-0.1, -0.05) is 100 Å². The molecule has 1 aromatic carbocycles. The molecule has 2 N–H and O–H groups in total. The third-order valence-electron chi connectivity index (χ3n) is 4.74. The van der Waals surface area contributed by atoms with Gasteiger partial charge in [-0.15, -0.1) is 0 Å². The molecule has 1 rings (SSSR count). The molecule has 1 atom stereocenters. The summed E-state index contributed by atoms with van der Waals surface area (Å²) >= 11 is 0. The van der Waals surface area contributed by atoms with Gasteiger partial charge in [-0.2, -0.15) is 0 Å². The summed E-state index contributed by atoms with van der Waals surface area (Å²) < 4.78 is 0. The quantitative estimate of drug-likeness (QED) is 0.304. The maximum absolute atomic E-state index is 5.51. The van der Waals surface area contributed by atoms with Gasteiger partial charge in [0, 0.05) is 5.92 Å². The maximum atomic E-state index is 5.51. The fraction of sp³-hybridized carbons (Fsp3) is 0.636. The Labute approximate surface area is 144 Å². The van der Waals surface area contributed by atoms with Crippen LogP contribution in [0.3, 0.4) is 0 Å². The molecule has 0 saturated carbocycles. The minimum Gasteiger partial charge on any atom is -0.330 e. The molecule has 0 aliphatic rings. The lowest BCUT2D eigenvalue weighted by molar-refractivity contribution is 0.537. The van der Waals surface area contributed by atoms with Gasteiger partial charge < -0.3 is 5.73 Å². The first-order valence-corrected chi connectivity index (χ1v) is 9.66. The van der Waals surface area contributed by atoms with Crippen molar-refractivity contribution in [1.29, 1.82) is 0 Å². The highest BCUT2D eigenvalue weighted by Crippen LogP contribution is 2.28. The third kappa shape index (κ3) is 9.61. The molecule has 0 bridgehead atoms. The Hall–Kier alpha value is -1.08. The molecule has 0 spiro atoms. The van der Waals surface area contributed by atoms with Gasteiger partial charge in [0.25, 0.3) is 0 Å². The second kappa shape index (κ2) is 13.4. The maximum Gasteiger partial charge on any atom is 0.00427 e. The highest BCUT2D eigenvalue weighted by atomic mass is 14.5. The summed E-state index contributed by atoms with van der Waals surface area (Å²) in [6.07, 6.45) is 14.8. The second-order valence-corrected chi connectivity index (χ2v) is 6.92. The van der Waals surface area contributed by atoms with Crippen LogP contribution in [0.15, 0.2) is 42.5 Å². The van der Waals surface area contributed by atoms with Gasteiger partial charge in [0.2, 0.25) is 0 Å². The number of nitrogens with two attached hydrogens (primary N) is 1. The van der Waals surface area contributed by atoms with Crippen LogP contribution in [-0.4, -0.2) is 6.54 Å². The topological polar surface area (TPSA) is 26.0 Å². The number of hydrogen-bond acceptors (Lipinski definition) is 1. The van der Waals surface area contributed by atoms with Crippen molar-refractivity contribution in [2.75, 3.05) is 6.54 Å². The van der Waals surface area contributed by atoms with Crippen molar-refractivity contribution in [3.63, 3.8) is 0 Å². The zero-order valence-corrected chi connectivity index (χ0v) is 15.2. The monoisotopic (exact) mass is 315 g/mol. The van der Waals surface area contributed by atoms with E-state index in [-0.39, 0.29) is 0 Å². The highest BCUT2D eigenvalue weighted by Gasteiger charge is 2.11. The van der Waals surface area contributed by atoms with Crippen LogP contribution in [0.25, 0.3) is 0 Å². The van der Waals surface area contributed by atoms with Crippen LogP contribution in [0.4, 0.5) is 0 Å². The van der Waals surface area contributed by atoms with Crippen LogP contribution in [-0.2, 0) is 0 Å². The van der Waals surface area contributed by atoms with E-state index in [1.54, 1.807) is 0 Å². The highest BCUT2D eigenvalue weighted by molar-refractivity contribution is 5.26. The van der Waals surface area contributed by atoms with E-state index in [2.05, 4.69) is 43.8 Å². The summed E-state index contributed by atoms with van der Waals surface area (Å²) in [4.78, 5) is 0. The van der Waals surface area contributed by atoms with Gasteiger partial charge in [-0.05, 0) is 31.9 Å². The lowest BCUT2D eigenvalue weighted by Crippen LogP contribution is -2.00. The van der Waals surface area contributed by atoms with Gasteiger partial charge in [0.1, 0.15) is 0 Å². The van der Waals surface area contributed by atoms with Crippen molar-refractivity contribution in [1.82, 2.24) is 0 Å². The Bertz CT molecular complexity index is 396. The van der Waals surface area contributed by atoms with Crippen LogP contribution in [0.1, 0.15) is 89.0 Å². The van der Waals surface area contributed by atoms with Crippen LogP contribution in [0.2, 0.25) is 0 Å². The van der Waals surface area contributed by atoms with E-state index >= 15 is 0 Å². The van der Waals surface area contributed by atoms with Crippen molar-refractivity contribution in [2.24, 2.45) is 5.73 Å². The first kappa shape index (κ1) is 20.0. The molecule has 0 radical (unpaired) electrons. The van der Waals surface area contributed by atoms with Crippen LogP contribution >= 0.6 is 0 Å². The van der Waals surface area contributed by atoms with E-state index in [4.69, 9.17) is 5.73 Å². The Morgan fingerprint density at radius 1 is 0.826 bits per heavy atom. The molecule has 0 aliphatic heterocycles. The van der Waals surface area contributed by atoms with Gasteiger partial charge in [0.15, 0.2) is 0 Å². The van der Waals surface area contributed by atoms with Gasteiger partial charge in [0.05, 0.1) is 0 Å². The number of rotatable bonds is 14. The van der Waals surface area contributed by atoms with E-state index in [1.807, 2.05) is 0 Å². The number of hydrogen-bond donors (Lipinski definition) is 1. The Kier molecular flexibility index (Phi) is 11.6. The largest absolute Gasteiger partial charge is 0.330 e. The molecule has 1 unspecified atom stereocenters. The minimum absolute atomic E-state index is 0.541. The van der Waals surface area contributed by atoms with Crippen molar-refractivity contribution < 1.29 is 0 Å². The average molecular weight is 316 g/mol.